The molecule has 1 aromatic carbocycles. The number of amides is 1. The predicted octanol–water partition coefficient (Wildman–Crippen LogP) is 2.43. The SMILES string of the molecule is CNC[C@@H](C)CNC(=O)c1cc(F)cc(C(F)(F)F)c1. The fraction of sp³-hybridized carbons (Fsp3) is 0.462. The molecule has 0 radical (unpaired) electrons. The summed E-state index contributed by atoms with van der Waals surface area (Å²) in [6, 6.07) is 1.79. The molecular weight excluding hydrogens is 276 g/mol. The van der Waals surface area contributed by atoms with Crippen molar-refractivity contribution < 1.29 is 22.4 Å². The Labute approximate surface area is 114 Å². The summed E-state index contributed by atoms with van der Waals surface area (Å²) < 4.78 is 50.7. The summed E-state index contributed by atoms with van der Waals surface area (Å²) in [4.78, 5) is 11.7. The van der Waals surface area contributed by atoms with Crippen molar-refractivity contribution in [3.05, 3.63) is 35.1 Å². The maximum absolute atomic E-state index is 13.1. The summed E-state index contributed by atoms with van der Waals surface area (Å²) in [6.07, 6.45) is -4.68. The highest BCUT2D eigenvalue weighted by molar-refractivity contribution is 5.94. The fourth-order valence-corrected chi connectivity index (χ4v) is 1.67. The average Bonchev–Trinajstić information content (AvgIpc) is 2.34. The second-order valence-corrected chi connectivity index (χ2v) is 4.60. The monoisotopic (exact) mass is 292 g/mol. The van der Waals surface area contributed by atoms with E-state index in [1.54, 1.807) is 7.05 Å². The van der Waals surface area contributed by atoms with Crippen molar-refractivity contribution >= 4 is 5.91 Å². The molecule has 20 heavy (non-hydrogen) atoms. The van der Waals surface area contributed by atoms with Gasteiger partial charge >= 0.3 is 6.18 Å². The van der Waals surface area contributed by atoms with Crippen LogP contribution < -0.4 is 10.6 Å². The van der Waals surface area contributed by atoms with Crippen LogP contribution in [0, 0.1) is 11.7 Å². The minimum atomic E-state index is -4.68. The van der Waals surface area contributed by atoms with E-state index >= 15 is 0 Å². The molecule has 0 saturated heterocycles. The molecule has 1 atom stereocenters. The molecule has 1 amide bonds. The molecule has 7 heteroatoms. The number of alkyl halides is 3. The predicted molar refractivity (Wildman–Crippen MR) is 66.8 cm³/mol. The van der Waals surface area contributed by atoms with Crippen LogP contribution in [0.25, 0.3) is 0 Å². The van der Waals surface area contributed by atoms with Gasteiger partial charge in [0.05, 0.1) is 5.56 Å². The molecule has 0 fully saturated rings. The largest absolute Gasteiger partial charge is 0.416 e. The number of nitrogens with one attached hydrogen (secondary N) is 2. The standard InChI is InChI=1S/C13H16F4N2O/c1-8(6-18-2)7-19-12(20)9-3-10(13(15,16)17)5-11(14)4-9/h3-5,8,18H,6-7H2,1-2H3,(H,19,20)/t8-/m1/s1. The second kappa shape index (κ2) is 6.69. The summed E-state index contributed by atoms with van der Waals surface area (Å²) in [5, 5.41) is 5.39. The van der Waals surface area contributed by atoms with E-state index in [-0.39, 0.29) is 18.0 Å². The van der Waals surface area contributed by atoms with Crippen LogP contribution in [-0.4, -0.2) is 26.0 Å². The van der Waals surface area contributed by atoms with Crippen molar-refractivity contribution in [1.29, 1.82) is 0 Å². The zero-order valence-electron chi connectivity index (χ0n) is 11.1. The molecule has 0 unspecified atom stereocenters. The molecule has 2 N–H and O–H groups in total. The lowest BCUT2D eigenvalue weighted by atomic mass is 10.1. The first-order valence-electron chi connectivity index (χ1n) is 6.04. The van der Waals surface area contributed by atoms with Gasteiger partial charge in [-0.15, -0.1) is 0 Å². The van der Waals surface area contributed by atoms with Gasteiger partial charge < -0.3 is 10.6 Å². The molecule has 0 bridgehead atoms. The summed E-state index contributed by atoms with van der Waals surface area (Å²) in [5.74, 6) is -1.70. The van der Waals surface area contributed by atoms with Crippen LogP contribution >= 0.6 is 0 Å². The van der Waals surface area contributed by atoms with Gasteiger partial charge in [0.15, 0.2) is 0 Å². The topological polar surface area (TPSA) is 41.1 Å². The Morgan fingerprint density at radius 1 is 1.25 bits per heavy atom. The van der Waals surface area contributed by atoms with Crippen LogP contribution in [0.2, 0.25) is 0 Å². The van der Waals surface area contributed by atoms with Crippen molar-refractivity contribution in [3.63, 3.8) is 0 Å². The van der Waals surface area contributed by atoms with Gasteiger partial charge in [-0.3, -0.25) is 4.79 Å². The number of hydrogen-bond donors (Lipinski definition) is 2. The summed E-state index contributed by atoms with van der Waals surface area (Å²) in [6.45, 7) is 2.80. The van der Waals surface area contributed by atoms with Gasteiger partial charge in [-0.1, -0.05) is 6.92 Å². The smallest absolute Gasteiger partial charge is 0.352 e. The number of carbonyl (C=O) groups is 1. The Balaban J connectivity index is 2.81. The number of benzene rings is 1. The van der Waals surface area contributed by atoms with Crippen LogP contribution in [-0.2, 0) is 6.18 Å². The van der Waals surface area contributed by atoms with Crippen molar-refractivity contribution in [3.8, 4) is 0 Å². The lowest BCUT2D eigenvalue weighted by Crippen LogP contribution is -2.32. The zero-order valence-corrected chi connectivity index (χ0v) is 11.1. The first-order valence-corrected chi connectivity index (χ1v) is 6.04. The molecule has 0 saturated carbocycles. The van der Waals surface area contributed by atoms with E-state index in [0.717, 1.165) is 6.07 Å². The number of halogens is 4. The van der Waals surface area contributed by atoms with Gasteiger partial charge in [0, 0.05) is 12.1 Å². The molecule has 3 nitrogen and oxygen atoms in total. The van der Waals surface area contributed by atoms with E-state index in [1.807, 2.05) is 6.92 Å². The maximum atomic E-state index is 13.1. The fourth-order valence-electron chi connectivity index (χ4n) is 1.67. The van der Waals surface area contributed by atoms with Gasteiger partial charge in [-0.05, 0) is 37.7 Å². The van der Waals surface area contributed by atoms with E-state index in [9.17, 15) is 22.4 Å². The molecule has 0 aromatic heterocycles. The zero-order chi connectivity index (χ0) is 15.3. The quantitative estimate of drug-likeness (QED) is 0.818. The molecule has 1 rings (SSSR count). The van der Waals surface area contributed by atoms with Crippen LogP contribution in [0.15, 0.2) is 18.2 Å². The number of rotatable bonds is 5. The summed E-state index contributed by atoms with van der Waals surface area (Å²) in [5.41, 5.74) is -1.51. The summed E-state index contributed by atoms with van der Waals surface area (Å²) >= 11 is 0. The molecular formula is C13H16F4N2O. The highest BCUT2D eigenvalue weighted by Crippen LogP contribution is 2.30. The van der Waals surface area contributed by atoms with Crippen molar-refractivity contribution in [2.45, 2.75) is 13.1 Å². The average molecular weight is 292 g/mol. The molecule has 0 aliphatic heterocycles. The first kappa shape index (κ1) is 16.4. The summed E-state index contributed by atoms with van der Waals surface area (Å²) in [7, 11) is 1.75. The molecule has 112 valence electrons. The Morgan fingerprint density at radius 3 is 2.45 bits per heavy atom. The van der Waals surface area contributed by atoms with E-state index in [2.05, 4.69) is 10.6 Å². The minimum Gasteiger partial charge on any atom is -0.352 e. The molecule has 1 aromatic rings. The maximum Gasteiger partial charge on any atom is 0.416 e. The van der Waals surface area contributed by atoms with E-state index < -0.39 is 23.5 Å². The van der Waals surface area contributed by atoms with Gasteiger partial charge in [-0.25, -0.2) is 4.39 Å². The van der Waals surface area contributed by atoms with E-state index in [1.165, 1.54) is 0 Å². The minimum absolute atomic E-state index is 0.111. The molecule has 0 spiro atoms. The van der Waals surface area contributed by atoms with Crippen LogP contribution in [0.5, 0.6) is 0 Å². The third-order valence-corrected chi connectivity index (χ3v) is 2.65. The van der Waals surface area contributed by atoms with Crippen molar-refractivity contribution in [2.24, 2.45) is 5.92 Å². The van der Waals surface area contributed by atoms with Crippen molar-refractivity contribution in [1.82, 2.24) is 10.6 Å². The lowest BCUT2D eigenvalue weighted by Gasteiger charge is -2.13. The third-order valence-electron chi connectivity index (χ3n) is 2.65. The first-order chi connectivity index (χ1) is 9.24. The van der Waals surface area contributed by atoms with Gasteiger partial charge in [-0.2, -0.15) is 13.2 Å². The van der Waals surface area contributed by atoms with Crippen molar-refractivity contribution in [2.75, 3.05) is 20.1 Å². The molecule has 0 aliphatic rings. The van der Waals surface area contributed by atoms with Crippen LogP contribution in [0.4, 0.5) is 17.6 Å². The van der Waals surface area contributed by atoms with E-state index in [0.29, 0.717) is 18.7 Å². The lowest BCUT2D eigenvalue weighted by molar-refractivity contribution is -0.137. The highest BCUT2D eigenvalue weighted by Gasteiger charge is 2.31. The Morgan fingerprint density at radius 2 is 1.90 bits per heavy atom. The third kappa shape index (κ3) is 4.80. The van der Waals surface area contributed by atoms with E-state index in [4.69, 9.17) is 0 Å². The number of hydrogen-bond acceptors (Lipinski definition) is 2. The molecule has 0 heterocycles. The Hall–Kier alpha value is -1.63. The highest BCUT2D eigenvalue weighted by atomic mass is 19.4. The molecule has 0 aliphatic carbocycles. The van der Waals surface area contributed by atoms with Crippen LogP contribution in [0.1, 0.15) is 22.8 Å². The normalized spacial score (nSPS) is 13.1. The van der Waals surface area contributed by atoms with Gasteiger partial charge in [0.1, 0.15) is 5.82 Å². The Kier molecular flexibility index (Phi) is 5.50. The van der Waals surface area contributed by atoms with Gasteiger partial charge in [0.2, 0.25) is 0 Å². The van der Waals surface area contributed by atoms with Crippen LogP contribution in [0.3, 0.4) is 0 Å². The van der Waals surface area contributed by atoms with Gasteiger partial charge in [0.25, 0.3) is 5.91 Å². The second-order valence-electron chi connectivity index (χ2n) is 4.60. The Bertz CT molecular complexity index is 474. The number of carbonyl (C=O) groups excluding carboxylic acids is 1.